The third-order valence-electron chi connectivity index (χ3n) is 3.28. The van der Waals surface area contributed by atoms with Gasteiger partial charge in [0.25, 0.3) is 0 Å². The molecule has 1 aromatic heterocycles. The van der Waals surface area contributed by atoms with Gasteiger partial charge in [-0.25, -0.2) is 4.99 Å². The van der Waals surface area contributed by atoms with Crippen molar-refractivity contribution in [1.29, 1.82) is 0 Å². The van der Waals surface area contributed by atoms with E-state index >= 15 is 0 Å². The first-order valence-corrected chi connectivity index (χ1v) is 7.75. The molecule has 0 unspecified atom stereocenters. The van der Waals surface area contributed by atoms with Crippen LogP contribution in [0.2, 0.25) is 0 Å². The summed E-state index contributed by atoms with van der Waals surface area (Å²) in [6, 6.07) is 6.09. The number of rotatable bonds is 5. The van der Waals surface area contributed by atoms with Gasteiger partial charge in [0.05, 0.1) is 5.71 Å². The minimum atomic E-state index is 0.624. The van der Waals surface area contributed by atoms with Crippen LogP contribution in [-0.2, 0) is 0 Å². The van der Waals surface area contributed by atoms with Crippen molar-refractivity contribution in [2.75, 3.05) is 0 Å². The highest BCUT2D eigenvalue weighted by Gasteiger charge is 2.15. The van der Waals surface area contributed by atoms with E-state index in [9.17, 15) is 0 Å². The van der Waals surface area contributed by atoms with Crippen molar-refractivity contribution in [3.63, 3.8) is 0 Å². The van der Waals surface area contributed by atoms with E-state index in [2.05, 4.69) is 16.1 Å². The lowest BCUT2D eigenvalue weighted by Crippen LogP contribution is -1.96. The summed E-state index contributed by atoms with van der Waals surface area (Å²) in [6.45, 7) is 7.79. The summed E-state index contributed by atoms with van der Waals surface area (Å²) in [4.78, 5) is 8.87. The number of nitrogens with zero attached hydrogens (tertiary/aromatic N) is 2. The number of para-hydroxylation sites is 1. The molecule has 2 rings (SSSR count). The number of allylic oxidation sites excluding steroid dienone is 4. The largest absolute Gasteiger partial charge is 0.437 e. The van der Waals surface area contributed by atoms with Crippen molar-refractivity contribution in [2.24, 2.45) is 9.98 Å². The van der Waals surface area contributed by atoms with E-state index in [1.54, 1.807) is 12.4 Å². The fraction of sp³-hybridized carbons (Fsp3) is 0.200. The molecule has 0 bridgehead atoms. The van der Waals surface area contributed by atoms with Gasteiger partial charge in [0, 0.05) is 28.9 Å². The molecule has 0 amide bonds. The van der Waals surface area contributed by atoms with E-state index in [1.165, 1.54) is 0 Å². The first-order valence-electron chi connectivity index (χ1n) is 7.75. The second kappa shape index (κ2) is 8.08. The molecule has 0 aliphatic heterocycles. The molecule has 1 heterocycles. The topological polar surface area (TPSA) is 37.9 Å². The van der Waals surface area contributed by atoms with Gasteiger partial charge < -0.3 is 4.42 Å². The molecule has 0 N–H and O–H groups in total. The molecule has 118 valence electrons. The predicted molar refractivity (Wildman–Crippen MR) is 101 cm³/mol. The number of fused-ring (bicyclic) bond motifs is 1. The summed E-state index contributed by atoms with van der Waals surface area (Å²) >= 11 is 0. The van der Waals surface area contributed by atoms with Crippen LogP contribution in [0.4, 0.5) is 5.88 Å². The molecular weight excluding hydrogens is 284 g/mol. The quantitative estimate of drug-likeness (QED) is 0.616. The molecule has 0 aliphatic rings. The highest BCUT2D eigenvalue weighted by atomic mass is 16.3. The van der Waals surface area contributed by atoms with Crippen molar-refractivity contribution < 1.29 is 4.42 Å². The summed E-state index contributed by atoms with van der Waals surface area (Å²) < 4.78 is 6.04. The number of benzene rings is 1. The lowest BCUT2D eigenvalue weighted by molar-refractivity contribution is 0.625. The maximum atomic E-state index is 6.04. The Balaban J connectivity index is 2.78. The zero-order chi connectivity index (χ0) is 16.7. The Morgan fingerprint density at radius 2 is 1.87 bits per heavy atom. The summed E-state index contributed by atoms with van der Waals surface area (Å²) in [5.41, 5.74) is 3.63. The van der Waals surface area contributed by atoms with Crippen LogP contribution in [0.25, 0.3) is 17.0 Å². The monoisotopic (exact) mass is 306 g/mol. The van der Waals surface area contributed by atoms with E-state index < -0.39 is 0 Å². The average molecular weight is 306 g/mol. The molecular formula is C20H22N2O. The molecule has 3 nitrogen and oxygen atoms in total. The van der Waals surface area contributed by atoms with Gasteiger partial charge in [-0.2, -0.15) is 0 Å². The van der Waals surface area contributed by atoms with Crippen molar-refractivity contribution in [2.45, 2.75) is 27.7 Å². The van der Waals surface area contributed by atoms with Gasteiger partial charge in [-0.1, -0.05) is 36.4 Å². The van der Waals surface area contributed by atoms with Crippen molar-refractivity contribution in [3.8, 4) is 0 Å². The van der Waals surface area contributed by atoms with Crippen LogP contribution in [0, 0.1) is 0 Å². The second-order valence-corrected chi connectivity index (χ2v) is 4.89. The average Bonchev–Trinajstić information content (AvgIpc) is 2.90. The molecule has 0 radical (unpaired) electrons. The van der Waals surface area contributed by atoms with Gasteiger partial charge in [0.2, 0.25) is 5.88 Å². The zero-order valence-corrected chi connectivity index (χ0v) is 14.1. The van der Waals surface area contributed by atoms with Gasteiger partial charge >= 0.3 is 0 Å². The number of aliphatic imine (C=N–C) groups is 2. The van der Waals surface area contributed by atoms with Crippen LogP contribution >= 0.6 is 0 Å². The van der Waals surface area contributed by atoms with Gasteiger partial charge in [-0.3, -0.25) is 4.99 Å². The summed E-state index contributed by atoms with van der Waals surface area (Å²) in [5, 5.41) is 1.04. The Hall–Kier alpha value is -2.68. The van der Waals surface area contributed by atoms with Crippen LogP contribution in [0.3, 0.4) is 0 Å². The summed E-state index contributed by atoms with van der Waals surface area (Å²) in [5.74, 6) is 0.624. The fourth-order valence-electron chi connectivity index (χ4n) is 2.38. The summed E-state index contributed by atoms with van der Waals surface area (Å²) in [7, 11) is 0. The van der Waals surface area contributed by atoms with Gasteiger partial charge in [-0.05, 0) is 39.8 Å². The van der Waals surface area contributed by atoms with Crippen molar-refractivity contribution in [1.82, 2.24) is 0 Å². The Bertz CT molecular complexity index is 818. The Morgan fingerprint density at radius 1 is 1.04 bits per heavy atom. The lowest BCUT2D eigenvalue weighted by atomic mass is 10.0. The molecule has 1 aromatic carbocycles. The molecule has 2 aromatic rings. The van der Waals surface area contributed by atoms with Crippen LogP contribution in [0.5, 0.6) is 0 Å². The first kappa shape index (κ1) is 16.7. The van der Waals surface area contributed by atoms with E-state index in [0.717, 1.165) is 27.8 Å². The van der Waals surface area contributed by atoms with Gasteiger partial charge in [0.15, 0.2) is 0 Å². The highest BCUT2D eigenvalue weighted by Crippen LogP contribution is 2.35. The molecule has 0 saturated carbocycles. The van der Waals surface area contributed by atoms with Crippen molar-refractivity contribution >= 4 is 34.9 Å². The Kier molecular flexibility index (Phi) is 5.87. The minimum Gasteiger partial charge on any atom is -0.437 e. The molecule has 0 fully saturated rings. The van der Waals surface area contributed by atoms with Crippen LogP contribution in [0.1, 0.15) is 38.8 Å². The molecule has 0 aliphatic carbocycles. The van der Waals surface area contributed by atoms with E-state index in [-0.39, 0.29) is 0 Å². The smallest absolute Gasteiger partial charge is 0.226 e. The Morgan fingerprint density at radius 3 is 2.52 bits per heavy atom. The maximum absolute atomic E-state index is 6.04. The van der Waals surface area contributed by atoms with Crippen LogP contribution in [-0.4, -0.2) is 11.9 Å². The van der Waals surface area contributed by atoms with Crippen molar-refractivity contribution in [3.05, 3.63) is 59.8 Å². The van der Waals surface area contributed by atoms with E-state index in [0.29, 0.717) is 5.88 Å². The zero-order valence-electron chi connectivity index (χ0n) is 14.1. The number of hydrogen-bond donors (Lipinski definition) is 0. The van der Waals surface area contributed by atoms with Gasteiger partial charge in [-0.15, -0.1) is 0 Å². The molecule has 0 spiro atoms. The molecule has 3 heteroatoms. The fourth-order valence-corrected chi connectivity index (χ4v) is 2.38. The molecule has 0 atom stereocenters. The third-order valence-corrected chi connectivity index (χ3v) is 3.28. The predicted octanol–water partition coefficient (Wildman–Crippen LogP) is 6.09. The SMILES string of the molecule is CC=Nc1oc2c(C(/C=C\C)=N/C=C\C)cccc2c1/C=C\C. The van der Waals surface area contributed by atoms with Gasteiger partial charge in [0.1, 0.15) is 5.58 Å². The lowest BCUT2D eigenvalue weighted by Gasteiger charge is -2.01. The van der Waals surface area contributed by atoms with E-state index in [4.69, 9.17) is 4.42 Å². The standard InChI is InChI=1S/C20H22N2O/c1-5-10-16-15-12-9-13-17(18(11-6-2)22-14-7-3)19(15)23-20(16)21-8-4/h5-14H,1-4H3/b10-5-,11-6-,14-7-,21-8?,22-18+. The molecule has 23 heavy (non-hydrogen) atoms. The highest BCUT2D eigenvalue weighted by molar-refractivity contribution is 6.16. The maximum Gasteiger partial charge on any atom is 0.226 e. The normalized spacial score (nSPS) is 13.7. The number of hydrogen-bond acceptors (Lipinski definition) is 3. The second-order valence-electron chi connectivity index (χ2n) is 4.89. The van der Waals surface area contributed by atoms with E-state index in [1.807, 2.05) is 70.2 Å². The first-order chi connectivity index (χ1) is 11.3. The summed E-state index contributed by atoms with van der Waals surface area (Å²) in [6.07, 6.45) is 13.4. The van der Waals surface area contributed by atoms with Crippen LogP contribution < -0.4 is 0 Å². The Labute approximate surface area is 137 Å². The van der Waals surface area contributed by atoms with Crippen LogP contribution in [0.15, 0.2) is 63.1 Å². The third kappa shape index (κ3) is 3.57. The minimum absolute atomic E-state index is 0.624. The molecule has 0 saturated heterocycles. The number of furan rings is 1.